The van der Waals surface area contributed by atoms with Gasteiger partial charge in [-0.3, -0.25) is 4.68 Å². The molecule has 0 atom stereocenters. The normalized spacial score (nSPS) is 9.94. The summed E-state index contributed by atoms with van der Waals surface area (Å²) in [5.74, 6) is 1.49. The van der Waals surface area contributed by atoms with E-state index in [-0.39, 0.29) is 0 Å². The molecule has 0 aliphatic heterocycles. The topological polar surface area (TPSA) is 43.9 Å². The number of alkyl halides is 1. The number of oxazole rings is 1. The van der Waals surface area contributed by atoms with E-state index in [2.05, 4.69) is 32.9 Å². The lowest BCUT2D eigenvalue weighted by Crippen LogP contribution is -1.99. The Hall–Kier alpha value is -0.810. The lowest BCUT2D eigenvalue weighted by Gasteiger charge is -1.93. The molecule has 2 rings (SSSR count). The molecule has 2 heterocycles. The first kappa shape index (κ1) is 15.2. The van der Waals surface area contributed by atoms with Gasteiger partial charge in [0.2, 0.25) is 5.89 Å². The van der Waals surface area contributed by atoms with E-state index in [0.717, 1.165) is 10.4 Å². The first-order valence-corrected chi connectivity index (χ1v) is 7.21. The summed E-state index contributed by atoms with van der Waals surface area (Å²) in [6, 6.07) is 0. The van der Waals surface area contributed by atoms with Crippen molar-refractivity contribution in [2.24, 2.45) is 0 Å². The lowest BCUT2D eigenvalue weighted by atomic mass is 10.3. The highest BCUT2D eigenvalue weighted by Crippen LogP contribution is 2.07. The maximum absolute atomic E-state index is 5.38. The summed E-state index contributed by atoms with van der Waals surface area (Å²) in [6.07, 6.45) is 10.5. The fourth-order valence-electron chi connectivity index (χ4n) is 1.24. The maximum Gasteiger partial charge on any atom is 0.215 e. The van der Waals surface area contributed by atoms with Crippen LogP contribution in [-0.2, 0) is 6.54 Å². The van der Waals surface area contributed by atoms with Gasteiger partial charge in [0.25, 0.3) is 0 Å². The van der Waals surface area contributed by atoms with Gasteiger partial charge >= 0.3 is 0 Å². The molecular formula is C12H17BrClN3O. The summed E-state index contributed by atoms with van der Waals surface area (Å²) in [5.41, 5.74) is 0. The molecule has 18 heavy (non-hydrogen) atoms. The van der Waals surface area contributed by atoms with Gasteiger partial charge in [0, 0.05) is 12.1 Å². The van der Waals surface area contributed by atoms with E-state index in [4.69, 9.17) is 16.0 Å². The highest BCUT2D eigenvalue weighted by atomic mass is 79.9. The van der Waals surface area contributed by atoms with Crippen molar-refractivity contribution in [3.8, 4) is 0 Å². The van der Waals surface area contributed by atoms with Crippen LogP contribution in [0.3, 0.4) is 0 Å². The summed E-state index contributed by atoms with van der Waals surface area (Å²) in [7, 11) is 0. The van der Waals surface area contributed by atoms with Gasteiger partial charge < -0.3 is 4.42 Å². The lowest BCUT2D eigenvalue weighted by molar-refractivity contribution is 0.465. The Morgan fingerprint density at radius 3 is 2.72 bits per heavy atom. The minimum Gasteiger partial charge on any atom is -0.447 e. The predicted octanol–water partition coefficient (Wildman–Crippen LogP) is 4.10. The third-order valence-corrected chi connectivity index (χ3v) is 2.80. The maximum atomic E-state index is 5.38. The van der Waals surface area contributed by atoms with Crippen molar-refractivity contribution >= 4 is 27.5 Å². The van der Waals surface area contributed by atoms with Crippen molar-refractivity contribution in [3.05, 3.63) is 35.2 Å². The van der Waals surface area contributed by atoms with Crippen molar-refractivity contribution in [3.63, 3.8) is 0 Å². The molecule has 0 fully saturated rings. The van der Waals surface area contributed by atoms with Crippen LogP contribution < -0.4 is 0 Å². The monoisotopic (exact) mass is 333 g/mol. The summed E-state index contributed by atoms with van der Waals surface area (Å²) >= 11 is 8.68. The Morgan fingerprint density at radius 2 is 2.28 bits per heavy atom. The zero-order valence-corrected chi connectivity index (χ0v) is 12.7. The minimum atomic E-state index is 0.568. The highest BCUT2D eigenvalue weighted by molar-refractivity contribution is 9.10. The number of halogens is 2. The second-order valence-corrected chi connectivity index (χ2v) is 4.97. The molecule has 0 N–H and O–H groups in total. The third kappa shape index (κ3) is 6.21. The van der Waals surface area contributed by atoms with Gasteiger partial charge in [-0.15, -0.1) is 11.6 Å². The number of hydrogen-bond acceptors (Lipinski definition) is 3. The SMILES string of the molecule is Brc1cnn(Cc2ncco2)c1.CCCCCCl. The van der Waals surface area contributed by atoms with E-state index in [1.54, 1.807) is 23.3 Å². The van der Waals surface area contributed by atoms with E-state index in [9.17, 15) is 0 Å². The predicted molar refractivity (Wildman–Crippen MR) is 75.8 cm³/mol. The Labute approximate surface area is 120 Å². The molecule has 0 bridgehead atoms. The van der Waals surface area contributed by atoms with E-state index in [1.807, 2.05) is 6.20 Å². The summed E-state index contributed by atoms with van der Waals surface area (Å²) in [6.45, 7) is 2.74. The zero-order chi connectivity index (χ0) is 13.2. The summed E-state index contributed by atoms with van der Waals surface area (Å²) in [4.78, 5) is 3.98. The molecule has 2 aromatic rings. The van der Waals surface area contributed by atoms with E-state index in [0.29, 0.717) is 12.4 Å². The quantitative estimate of drug-likeness (QED) is 0.611. The van der Waals surface area contributed by atoms with E-state index in [1.165, 1.54) is 19.3 Å². The molecule has 100 valence electrons. The van der Waals surface area contributed by atoms with Crippen LogP contribution in [0.1, 0.15) is 32.1 Å². The minimum absolute atomic E-state index is 0.568. The number of nitrogens with zero attached hydrogens (tertiary/aromatic N) is 3. The molecule has 0 radical (unpaired) electrons. The highest BCUT2D eigenvalue weighted by Gasteiger charge is 1.99. The van der Waals surface area contributed by atoms with E-state index >= 15 is 0 Å². The van der Waals surface area contributed by atoms with Gasteiger partial charge in [-0.1, -0.05) is 19.8 Å². The molecule has 0 saturated carbocycles. The largest absolute Gasteiger partial charge is 0.447 e. The fraction of sp³-hybridized carbons (Fsp3) is 0.500. The van der Waals surface area contributed by atoms with Crippen molar-refractivity contribution in [1.29, 1.82) is 0 Å². The molecule has 0 saturated heterocycles. The second kappa shape index (κ2) is 9.16. The van der Waals surface area contributed by atoms with Crippen LogP contribution >= 0.6 is 27.5 Å². The molecular weight excluding hydrogens is 318 g/mol. The smallest absolute Gasteiger partial charge is 0.215 e. The van der Waals surface area contributed by atoms with Gasteiger partial charge in [-0.25, -0.2) is 4.98 Å². The number of unbranched alkanes of at least 4 members (excludes halogenated alkanes) is 2. The Kier molecular flexibility index (Phi) is 7.76. The van der Waals surface area contributed by atoms with Crippen LogP contribution in [0.4, 0.5) is 0 Å². The van der Waals surface area contributed by atoms with Gasteiger partial charge in [-0.2, -0.15) is 5.10 Å². The molecule has 0 spiro atoms. The first-order chi connectivity index (χ1) is 8.76. The van der Waals surface area contributed by atoms with Gasteiger partial charge in [0.1, 0.15) is 12.8 Å². The average molecular weight is 335 g/mol. The number of aromatic nitrogens is 3. The van der Waals surface area contributed by atoms with E-state index < -0.39 is 0 Å². The van der Waals surface area contributed by atoms with Crippen LogP contribution in [0.15, 0.2) is 33.7 Å². The molecule has 0 aliphatic carbocycles. The van der Waals surface area contributed by atoms with Crippen molar-refractivity contribution in [2.75, 3.05) is 5.88 Å². The molecule has 0 amide bonds. The van der Waals surface area contributed by atoms with Crippen LogP contribution in [0.2, 0.25) is 0 Å². The van der Waals surface area contributed by atoms with Crippen molar-refractivity contribution < 1.29 is 4.42 Å². The molecule has 0 aromatic carbocycles. The molecule has 0 unspecified atom stereocenters. The Morgan fingerprint density at radius 1 is 1.44 bits per heavy atom. The second-order valence-electron chi connectivity index (χ2n) is 3.68. The van der Waals surface area contributed by atoms with Crippen LogP contribution in [0, 0.1) is 0 Å². The average Bonchev–Trinajstić information content (AvgIpc) is 3.00. The third-order valence-electron chi connectivity index (χ3n) is 2.12. The van der Waals surface area contributed by atoms with Gasteiger partial charge in [-0.05, 0) is 22.4 Å². The zero-order valence-electron chi connectivity index (χ0n) is 10.4. The van der Waals surface area contributed by atoms with Crippen LogP contribution in [-0.4, -0.2) is 20.6 Å². The van der Waals surface area contributed by atoms with Crippen molar-refractivity contribution in [1.82, 2.24) is 14.8 Å². The molecule has 6 heteroatoms. The fourth-order valence-corrected chi connectivity index (χ4v) is 1.76. The Balaban J connectivity index is 0.000000232. The standard InChI is InChI=1S/C7H6BrN3O.C5H11Cl/c8-6-3-10-11(4-6)5-7-9-1-2-12-7;1-2-3-4-5-6/h1-4H,5H2;2-5H2,1H3. The van der Waals surface area contributed by atoms with Crippen molar-refractivity contribution in [2.45, 2.75) is 32.7 Å². The number of rotatable bonds is 5. The van der Waals surface area contributed by atoms with Crippen LogP contribution in [0.5, 0.6) is 0 Å². The molecule has 0 aliphatic rings. The summed E-state index contributed by atoms with van der Waals surface area (Å²) in [5, 5.41) is 4.06. The number of hydrogen-bond donors (Lipinski definition) is 0. The molecule has 4 nitrogen and oxygen atoms in total. The summed E-state index contributed by atoms with van der Waals surface area (Å²) < 4.78 is 7.76. The first-order valence-electron chi connectivity index (χ1n) is 5.88. The Bertz CT molecular complexity index is 413. The van der Waals surface area contributed by atoms with Crippen LogP contribution in [0.25, 0.3) is 0 Å². The van der Waals surface area contributed by atoms with Gasteiger partial charge in [0.05, 0.1) is 16.9 Å². The van der Waals surface area contributed by atoms with Gasteiger partial charge in [0.15, 0.2) is 0 Å². The molecule has 2 aromatic heterocycles.